The predicted molar refractivity (Wildman–Crippen MR) is 142 cm³/mol. The smallest absolute Gasteiger partial charge is 0.229 e. The quantitative estimate of drug-likeness (QED) is 0.248. The maximum Gasteiger partial charge on any atom is 0.229 e. The summed E-state index contributed by atoms with van der Waals surface area (Å²) in [5.74, 6) is 2.58. The number of H-pyrrole nitrogens is 1. The molecule has 2 heterocycles. The summed E-state index contributed by atoms with van der Waals surface area (Å²) < 4.78 is 0.756. The van der Waals surface area contributed by atoms with Gasteiger partial charge in [-0.1, -0.05) is 26.0 Å². The molecule has 2 aromatic heterocycles. The van der Waals surface area contributed by atoms with E-state index < -0.39 is 0 Å². The minimum atomic E-state index is 0.0751. The van der Waals surface area contributed by atoms with Crippen LogP contribution in [0.15, 0.2) is 41.0 Å². The Morgan fingerprint density at radius 3 is 2.80 bits per heavy atom. The van der Waals surface area contributed by atoms with Gasteiger partial charge in [-0.25, -0.2) is 4.98 Å². The molecule has 186 valence electrons. The molecule has 0 radical (unpaired) electrons. The number of nitrogens with one attached hydrogen (secondary N) is 4. The minimum Gasteiger partial charge on any atom is -0.355 e. The molecule has 0 saturated heterocycles. The molecule has 0 unspecified atom stereocenters. The largest absolute Gasteiger partial charge is 0.355 e. The number of aromatic nitrogens is 4. The van der Waals surface area contributed by atoms with E-state index in [1.165, 1.54) is 12.8 Å². The van der Waals surface area contributed by atoms with Crippen molar-refractivity contribution in [3.8, 4) is 0 Å². The molecule has 35 heavy (non-hydrogen) atoms. The van der Waals surface area contributed by atoms with Gasteiger partial charge < -0.3 is 20.9 Å². The van der Waals surface area contributed by atoms with Crippen molar-refractivity contribution in [3.05, 3.63) is 52.3 Å². The summed E-state index contributed by atoms with van der Waals surface area (Å²) in [6.07, 6.45) is 5.25. The van der Waals surface area contributed by atoms with Crippen LogP contribution in [0.4, 0.5) is 23.3 Å². The first-order valence-corrected chi connectivity index (χ1v) is 13.0. The van der Waals surface area contributed by atoms with E-state index in [-0.39, 0.29) is 5.91 Å². The topological polar surface area (TPSA) is 111 Å². The maximum absolute atomic E-state index is 12.2. The Morgan fingerprint density at radius 2 is 2.03 bits per heavy atom. The standard InChI is InChI=1S/C25H33BrN8O/c1-3-34(4-2)13-12-27-23(35)11-8-17-6-5-7-19(14-17)29-25-28-16-20(26)24(31-25)30-22-15-21(32-33-22)18-9-10-18/h5-7,14-16,18H,3-4,8-13H2,1-2H3,(H,27,35)(H3,28,29,30,31,32,33). The molecule has 0 spiro atoms. The van der Waals surface area contributed by atoms with Crippen LogP contribution in [0.5, 0.6) is 0 Å². The molecule has 1 saturated carbocycles. The highest BCUT2D eigenvalue weighted by Gasteiger charge is 2.26. The Morgan fingerprint density at radius 1 is 1.20 bits per heavy atom. The molecule has 0 aliphatic heterocycles. The molecule has 0 bridgehead atoms. The summed E-state index contributed by atoms with van der Waals surface area (Å²) in [4.78, 5) is 23.5. The fraction of sp³-hybridized carbons (Fsp3) is 0.440. The summed E-state index contributed by atoms with van der Waals surface area (Å²) in [6.45, 7) is 7.82. The van der Waals surface area contributed by atoms with Gasteiger partial charge in [-0.05, 0) is 66.0 Å². The maximum atomic E-state index is 12.2. The molecule has 4 rings (SSSR count). The number of carbonyl (C=O) groups excluding carboxylic acids is 1. The lowest BCUT2D eigenvalue weighted by Gasteiger charge is -2.17. The highest BCUT2D eigenvalue weighted by atomic mass is 79.9. The molecule has 3 aromatic rings. The molecular weight excluding hydrogens is 508 g/mol. The van der Waals surface area contributed by atoms with Gasteiger partial charge >= 0.3 is 0 Å². The number of benzene rings is 1. The summed E-state index contributed by atoms with van der Waals surface area (Å²) in [7, 11) is 0. The van der Waals surface area contributed by atoms with Crippen molar-refractivity contribution < 1.29 is 4.79 Å². The van der Waals surface area contributed by atoms with Crippen LogP contribution in [0, 0.1) is 0 Å². The zero-order valence-corrected chi connectivity index (χ0v) is 21.9. The van der Waals surface area contributed by atoms with Gasteiger partial charge in [0.1, 0.15) is 5.82 Å². The number of likely N-dealkylation sites (N-methyl/N-ethyl adjacent to an activating group) is 1. The summed E-state index contributed by atoms with van der Waals surface area (Å²) >= 11 is 3.51. The molecular formula is C25H33BrN8O. The Labute approximate surface area is 214 Å². The van der Waals surface area contributed by atoms with Crippen molar-refractivity contribution in [1.29, 1.82) is 0 Å². The van der Waals surface area contributed by atoms with Crippen molar-refractivity contribution in [3.63, 3.8) is 0 Å². The lowest BCUT2D eigenvalue weighted by molar-refractivity contribution is -0.121. The third kappa shape index (κ3) is 7.50. The van der Waals surface area contributed by atoms with Crippen molar-refractivity contribution in [2.24, 2.45) is 0 Å². The van der Waals surface area contributed by atoms with Crippen LogP contribution in [0.2, 0.25) is 0 Å². The van der Waals surface area contributed by atoms with Gasteiger partial charge in [-0.2, -0.15) is 10.1 Å². The van der Waals surface area contributed by atoms with Crippen LogP contribution in [0.1, 0.15) is 50.3 Å². The van der Waals surface area contributed by atoms with Gasteiger partial charge in [-0.15, -0.1) is 0 Å². The van der Waals surface area contributed by atoms with Crippen LogP contribution in [-0.4, -0.2) is 57.2 Å². The van der Waals surface area contributed by atoms with E-state index in [2.05, 4.69) is 70.8 Å². The number of hydrogen-bond donors (Lipinski definition) is 4. The molecule has 10 heteroatoms. The number of amides is 1. The number of rotatable bonds is 13. The Bertz CT molecular complexity index is 1130. The zero-order valence-electron chi connectivity index (χ0n) is 20.3. The first-order chi connectivity index (χ1) is 17.0. The number of carbonyl (C=O) groups is 1. The zero-order chi connectivity index (χ0) is 24.6. The summed E-state index contributed by atoms with van der Waals surface area (Å²) in [5, 5.41) is 17.0. The van der Waals surface area contributed by atoms with Gasteiger partial charge in [0.15, 0.2) is 5.82 Å². The first-order valence-electron chi connectivity index (χ1n) is 12.2. The van der Waals surface area contributed by atoms with E-state index in [1.54, 1.807) is 6.20 Å². The highest BCUT2D eigenvalue weighted by Crippen LogP contribution is 2.39. The van der Waals surface area contributed by atoms with Crippen molar-refractivity contribution in [1.82, 2.24) is 30.4 Å². The van der Waals surface area contributed by atoms with Gasteiger partial charge in [-0.3, -0.25) is 9.89 Å². The third-order valence-electron chi connectivity index (χ3n) is 6.06. The number of aromatic amines is 1. The normalized spacial score (nSPS) is 13.1. The predicted octanol–water partition coefficient (Wildman–Crippen LogP) is 4.72. The molecule has 1 aliphatic rings. The van der Waals surface area contributed by atoms with Gasteiger partial charge in [0.25, 0.3) is 0 Å². The third-order valence-corrected chi connectivity index (χ3v) is 6.64. The lowest BCUT2D eigenvalue weighted by Crippen LogP contribution is -2.34. The second-order valence-electron chi connectivity index (χ2n) is 8.70. The molecule has 4 N–H and O–H groups in total. The Kier molecular flexibility index (Phi) is 8.70. The van der Waals surface area contributed by atoms with Crippen LogP contribution in [0.3, 0.4) is 0 Å². The molecule has 1 aromatic carbocycles. The Balaban J connectivity index is 1.30. The van der Waals surface area contributed by atoms with E-state index in [9.17, 15) is 4.79 Å². The van der Waals surface area contributed by atoms with Gasteiger partial charge in [0.2, 0.25) is 11.9 Å². The van der Waals surface area contributed by atoms with Crippen LogP contribution >= 0.6 is 15.9 Å². The number of anilines is 4. The van der Waals surface area contributed by atoms with E-state index in [1.807, 2.05) is 30.3 Å². The molecule has 0 atom stereocenters. The highest BCUT2D eigenvalue weighted by molar-refractivity contribution is 9.10. The fourth-order valence-corrected chi connectivity index (χ4v) is 4.10. The molecule has 9 nitrogen and oxygen atoms in total. The monoisotopic (exact) mass is 540 g/mol. The van der Waals surface area contributed by atoms with Gasteiger partial charge in [0.05, 0.1) is 10.2 Å². The fourth-order valence-electron chi connectivity index (χ4n) is 3.81. The average Bonchev–Trinajstić information content (AvgIpc) is 3.61. The van der Waals surface area contributed by atoms with Crippen LogP contribution in [0.25, 0.3) is 0 Å². The van der Waals surface area contributed by atoms with Crippen molar-refractivity contribution >= 4 is 45.1 Å². The SMILES string of the molecule is CCN(CC)CCNC(=O)CCc1cccc(Nc2ncc(Br)c(Nc3cc(C4CC4)n[nH]3)n2)c1. The van der Waals surface area contributed by atoms with Gasteiger partial charge in [0, 0.05) is 43.4 Å². The minimum absolute atomic E-state index is 0.0751. The number of aryl methyl sites for hydroxylation is 1. The molecule has 1 fully saturated rings. The number of halogens is 1. The van der Waals surface area contributed by atoms with Crippen molar-refractivity contribution in [2.45, 2.75) is 45.4 Å². The van der Waals surface area contributed by atoms with E-state index in [4.69, 9.17) is 0 Å². The van der Waals surface area contributed by atoms with E-state index >= 15 is 0 Å². The van der Waals surface area contributed by atoms with E-state index in [0.717, 1.165) is 46.9 Å². The second-order valence-corrected chi connectivity index (χ2v) is 9.55. The van der Waals surface area contributed by atoms with Crippen LogP contribution in [-0.2, 0) is 11.2 Å². The average molecular weight is 541 g/mol. The van der Waals surface area contributed by atoms with Crippen molar-refractivity contribution in [2.75, 3.05) is 36.8 Å². The number of hydrogen-bond acceptors (Lipinski definition) is 7. The summed E-state index contributed by atoms with van der Waals surface area (Å²) in [5.41, 5.74) is 3.04. The number of nitrogens with zero attached hydrogens (tertiary/aromatic N) is 4. The van der Waals surface area contributed by atoms with Crippen LogP contribution < -0.4 is 16.0 Å². The molecule has 1 amide bonds. The molecule has 1 aliphatic carbocycles. The second kappa shape index (κ2) is 12.1. The first kappa shape index (κ1) is 25.1. The summed E-state index contributed by atoms with van der Waals surface area (Å²) in [6, 6.07) is 10.0. The van der Waals surface area contributed by atoms with E-state index in [0.29, 0.717) is 37.1 Å². The Hall–Kier alpha value is -2.98. The lowest BCUT2D eigenvalue weighted by atomic mass is 10.1.